The van der Waals surface area contributed by atoms with Crippen LogP contribution in [0.4, 0.5) is 0 Å². The van der Waals surface area contributed by atoms with E-state index in [9.17, 15) is 19.5 Å². The number of quaternary nitrogens is 1. The third-order valence-corrected chi connectivity index (χ3v) is 9.81. The number of allylic oxidation sites excluding steroid dienone is 4. The van der Waals surface area contributed by atoms with E-state index < -0.39 is 18.1 Å². The molecule has 8 heteroatoms. The van der Waals surface area contributed by atoms with Crippen LogP contribution in [0.15, 0.2) is 24.3 Å². The molecule has 2 atom stereocenters. The van der Waals surface area contributed by atoms with E-state index in [4.69, 9.17) is 14.2 Å². The van der Waals surface area contributed by atoms with Gasteiger partial charge in [-0.05, 0) is 64.2 Å². The Morgan fingerprint density at radius 2 is 0.943 bits per heavy atom. The minimum absolute atomic E-state index is 0.0352. The first-order valence-corrected chi connectivity index (χ1v) is 21.9. The zero-order chi connectivity index (χ0) is 39.3. The van der Waals surface area contributed by atoms with Crippen LogP contribution in [0.3, 0.4) is 0 Å². The molecule has 0 bridgehead atoms. The van der Waals surface area contributed by atoms with Crippen molar-refractivity contribution in [2.24, 2.45) is 0 Å². The van der Waals surface area contributed by atoms with Crippen LogP contribution >= 0.6 is 0 Å². The Balaban J connectivity index is 4.38. The number of carboxylic acid groups (broad SMARTS) is 1. The Bertz CT molecular complexity index is 926. The molecule has 0 saturated carbocycles. The summed E-state index contributed by atoms with van der Waals surface area (Å²) in [6.45, 7) is 4.63. The summed E-state index contributed by atoms with van der Waals surface area (Å²) < 4.78 is 17.1. The Labute approximate surface area is 326 Å². The van der Waals surface area contributed by atoms with E-state index in [0.717, 1.165) is 64.2 Å². The van der Waals surface area contributed by atoms with Gasteiger partial charge in [-0.25, -0.2) is 0 Å². The standard InChI is InChI=1S/C45H83NO7/c1-6-8-10-12-14-16-18-20-21-22-24-26-28-30-32-34-36-44(48)53-41(39-51-38-37-42(45(49)50)46(3,4)5)40-52-43(47)35-33-31-29-27-25-23-19-17-15-13-11-9-7-2/h21-23,25,41-42H,6-20,24,26-40H2,1-5H3/b22-21+,25-23+. The zero-order valence-electron chi connectivity index (χ0n) is 35.2. The van der Waals surface area contributed by atoms with Crippen LogP contribution in [-0.2, 0) is 28.6 Å². The third-order valence-electron chi connectivity index (χ3n) is 9.81. The molecule has 0 aliphatic rings. The smallest absolute Gasteiger partial charge is 0.306 e. The summed E-state index contributed by atoms with van der Waals surface area (Å²) in [5, 5.41) is 11.6. The number of esters is 2. The maximum absolute atomic E-state index is 12.7. The summed E-state index contributed by atoms with van der Waals surface area (Å²) in [5.41, 5.74) is 0. The molecule has 0 spiro atoms. The summed E-state index contributed by atoms with van der Waals surface area (Å²) in [5.74, 6) is -1.76. The zero-order valence-corrected chi connectivity index (χ0v) is 35.2. The first kappa shape index (κ1) is 50.8. The molecule has 0 aromatic heterocycles. The summed E-state index contributed by atoms with van der Waals surface area (Å²) in [6.07, 6.45) is 39.1. The third kappa shape index (κ3) is 35.3. The molecule has 0 saturated heterocycles. The molecular weight excluding hydrogens is 666 g/mol. The maximum atomic E-state index is 12.7. The molecule has 0 radical (unpaired) electrons. The SMILES string of the molecule is CCCCCCCC/C=C/CCCCCC(=O)OCC(COCCC(C(=O)[O-])[N+](C)(C)C)OC(=O)CCCCCCC/C=C/CCCCCCCCC. The predicted octanol–water partition coefficient (Wildman–Crippen LogP) is 10.4. The van der Waals surface area contributed by atoms with Crippen molar-refractivity contribution >= 4 is 17.9 Å². The lowest BCUT2D eigenvalue weighted by Crippen LogP contribution is -2.55. The molecule has 0 N–H and O–H groups in total. The molecule has 0 aliphatic heterocycles. The molecule has 310 valence electrons. The van der Waals surface area contributed by atoms with E-state index in [0.29, 0.717) is 12.8 Å². The van der Waals surface area contributed by atoms with Crippen molar-refractivity contribution in [2.75, 3.05) is 41.0 Å². The minimum Gasteiger partial charge on any atom is -0.544 e. The normalized spacial score (nSPS) is 13.2. The van der Waals surface area contributed by atoms with Crippen molar-refractivity contribution in [3.8, 4) is 0 Å². The number of ether oxygens (including phenoxy) is 3. The van der Waals surface area contributed by atoms with E-state index >= 15 is 0 Å². The molecule has 0 aromatic carbocycles. The van der Waals surface area contributed by atoms with Crippen molar-refractivity contribution in [1.29, 1.82) is 0 Å². The fourth-order valence-electron chi connectivity index (χ4n) is 6.35. The summed E-state index contributed by atoms with van der Waals surface area (Å²) in [6, 6.07) is -0.726. The number of hydrogen-bond donors (Lipinski definition) is 0. The molecule has 0 fully saturated rings. The lowest BCUT2D eigenvalue weighted by molar-refractivity contribution is -0.889. The van der Waals surface area contributed by atoms with Gasteiger partial charge in [0, 0.05) is 19.3 Å². The van der Waals surface area contributed by atoms with Gasteiger partial charge in [0.2, 0.25) is 0 Å². The average Bonchev–Trinajstić information content (AvgIpc) is 3.11. The molecule has 0 aromatic rings. The molecule has 0 amide bonds. The second-order valence-electron chi connectivity index (χ2n) is 15.9. The van der Waals surface area contributed by atoms with Gasteiger partial charge < -0.3 is 28.6 Å². The number of aliphatic carboxylic acids is 1. The highest BCUT2D eigenvalue weighted by Gasteiger charge is 2.25. The Morgan fingerprint density at radius 3 is 1.38 bits per heavy atom. The lowest BCUT2D eigenvalue weighted by Gasteiger charge is -2.34. The number of unbranched alkanes of at least 4 members (excludes halogenated alkanes) is 21. The number of rotatable bonds is 39. The predicted molar refractivity (Wildman–Crippen MR) is 217 cm³/mol. The monoisotopic (exact) mass is 750 g/mol. The van der Waals surface area contributed by atoms with E-state index in [2.05, 4.69) is 38.2 Å². The van der Waals surface area contributed by atoms with Crippen molar-refractivity contribution in [3.05, 3.63) is 24.3 Å². The van der Waals surface area contributed by atoms with Crippen LogP contribution < -0.4 is 5.11 Å². The maximum Gasteiger partial charge on any atom is 0.306 e. The Hall–Kier alpha value is -2.19. The Morgan fingerprint density at radius 1 is 0.547 bits per heavy atom. The molecule has 0 heterocycles. The van der Waals surface area contributed by atoms with Crippen LogP contribution in [0.25, 0.3) is 0 Å². The van der Waals surface area contributed by atoms with Gasteiger partial charge in [-0.2, -0.15) is 0 Å². The largest absolute Gasteiger partial charge is 0.544 e. The second kappa shape index (κ2) is 36.8. The van der Waals surface area contributed by atoms with Gasteiger partial charge >= 0.3 is 11.9 Å². The van der Waals surface area contributed by atoms with E-state index in [1.165, 1.54) is 96.3 Å². The van der Waals surface area contributed by atoms with Gasteiger partial charge in [-0.3, -0.25) is 9.59 Å². The first-order valence-electron chi connectivity index (χ1n) is 21.9. The van der Waals surface area contributed by atoms with Crippen molar-refractivity contribution in [1.82, 2.24) is 0 Å². The highest BCUT2D eigenvalue weighted by molar-refractivity contribution is 5.70. The van der Waals surface area contributed by atoms with Gasteiger partial charge in [0.25, 0.3) is 0 Å². The highest BCUT2D eigenvalue weighted by Crippen LogP contribution is 2.13. The second-order valence-corrected chi connectivity index (χ2v) is 15.9. The number of likely N-dealkylation sites (N-methyl/N-ethyl adjacent to an activating group) is 1. The van der Waals surface area contributed by atoms with E-state index in [-0.39, 0.29) is 42.7 Å². The first-order chi connectivity index (χ1) is 25.6. The van der Waals surface area contributed by atoms with Crippen molar-refractivity contribution < 1.29 is 38.2 Å². The number of hydrogen-bond acceptors (Lipinski definition) is 7. The molecule has 53 heavy (non-hydrogen) atoms. The van der Waals surface area contributed by atoms with Crippen LogP contribution in [0.1, 0.15) is 194 Å². The fourth-order valence-corrected chi connectivity index (χ4v) is 6.35. The van der Waals surface area contributed by atoms with Gasteiger partial charge in [-0.1, -0.05) is 134 Å². The van der Waals surface area contributed by atoms with E-state index in [1.807, 2.05) is 0 Å². The number of carbonyl (C=O) groups excluding carboxylic acids is 3. The molecule has 0 aliphatic carbocycles. The minimum atomic E-state index is -1.13. The molecule has 8 nitrogen and oxygen atoms in total. The van der Waals surface area contributed by atoms with Crippen LogP contribution in [0.2, 0.25) is 0 Å². The van der Waals surface area contributed by atoms with Crippen molar-refractivity contribution in [3.63, 3.8) is 0 Å². The number of carboxylic acids is 1. The topological polar surface area (TPSA) is 102 Å². The van der Waals surface area contributed by atoms with Crippen molar-refractivity contribution in [2.45, 2.75) is 206 Å². The quantitative estimate of drug-likeness (QED) is 0.0267. The number of carbonyl (C=O) groups is 3. The molecular formula is C45H83NO7. The van der Waals surface area contributed by atoms with Gasteiger partial charge in [0.1, 0.15) is 12.6 Å². The van der Waals surface area contributed by atoms with Crippen LogP contribution in [-0.4, -0.2) is 75.5 Å². The molecule has 2 unspecified atom stereocenters. The average molecular weight is 750 g/mol. The fraction of sp³-hybridized carbons (Fsp3) is 0.844. The van der Waals surface area contributed by atoms with Gasteiger partial charge in [0.15, 0.2) is 6.10 Å². The summed E-state index contributed by atoms with van der Waals surface area (Å²) >= 11 is 0. The molecule has 0 rings (SSSR count). The van der Waals surface area contributed by atoms with Gasteiger partial charge in [-0.15, -0.1) is 0 Å². The highest BCUT2D eigenvalue weighted by atomic mass is 16.6. The number of nitrogens with zero attached hydrogens (tertiary/aromatic N) is 1. The van der Waals surface area contributed by atoms with Gasteiger partial charge in [0.05, 0.1) is 40.3 Å². The van der Waals surface area contributed by atoms with E-state index in [1.54, 1.807) is 21.1 Å². The summed E-state index contributed by atoms with van der Waals surface area (Å²) in [4.78, 5) is 36.8. The lowest BCUT2D eigenvalue weighted by atomic mass is 10.1. The summed E-state index contributed by atoms with van der Waals surface area (Å²) in [7, 11) is 5.40. The van der Waals surface area contributed by atoms with Crippen LogP contribution in [0, 0.1) is 0 Å². The van der Waals surface area contributed by atoms with Crippen LogP contribution in [0.5, 0.6) is 0 Å². The Kier molecular flexibility index (Phi) is 35.2.